The first-order chi connectivity index (χ1) is 10.3. The topological polar surface area (TPSA) is 57.3 Å². The molecule has 6 heteroatoms. The molecule has 2 aliphatic rings. The summed E-state index contributed by atoms with van der Waals surface area (Å²) in [6.45, 7) is 3.91. The van der Waals surface area contributed by atoms with E-state index in [2.05, 4.69) is 25.9 Å². The number of carbonyl (C=O) groups excluding carboxylic acids is 1. The van der Waals surface area contributed by atoms with Crippen molar-refractivity contribution in [3.8, 4) is 0 Å². The predicted molar refractivity (Wildman–Crippen MR) is 85.9 cm³/mol. The Morgan fingerprint density at radius 3 is 3.00 bits per heavy atom. The van der Waals surface area contributed by atoms with Crippen LogP contribution in [0.3, 0.4) is 0 Å². The molecule has 1 aromatic heterocycles. The van der Waals surface area contributed by atoms with Gasteiger partial charge in [0.05, 0.1) is 11.7 Å². The maximum atomic E-state index is 12.0. The summed E-state index contributed by atoms with van der Waals surface area (Å²) in [5.41, 5.74) is 1.10. The van der Waals surface area contributed by atoms with Gasteiger partial charge in [-0.2, -0.15) is 0 Å². The Balaban J connectivity index is 1.41. The van der Waals surface area contributed by atoms with Gasteiger partial charge in [-0.1, -0.05) is 6.42 Å². The van der Waals surface area contributed by atoms with Gasteiger partial charge >= 0.3 is 0 Å². The molecular weight excluding hydrogens is 284 g/mol. The molecule has 0 radical (unpaired) electrons. The molecule has 0 saturated carbocycles. The number of aromatic nitrogens is 1. The Bertz CT molecular complexity index is 464. The van der Waals surface area contributed by atoms with Crippen LogP contribution >= 0.6 is 11.3 Å². The van der Waals surface area contributed by atoms with E-state index in [1.807, 2.05) is 0 Å². The molecule has 5 nitrogen and oxygen atoms in total. The number of hydrogen-bond donors (Lipinski definition) is 2. The van der Waals surface area contributed by atoms with E-state index in [4.69, 9.17) is 0 Å². The highest BCUT2D eigenvalue weighted by molar-refractivity contribution is 7.13. The summed E-state index contributed by atoms with van der Waals surface area (Å²) in [5.74, 6) is 0.143. The van der Waals surface area contributed by atoms with E-state index in [-0.39, 0.29) is 11.9 Å². The molecule has 1 aromatic rings. The summed E-state index contributed by atoms with van der Waals surface area (Å²) in [5, 5.41) is 9.57. The number of nitrogens with one attached hydrogen (secondary N) is 2. The van der Waals surface area contributed by atoms with Crippen LogP contribution in [-0.4, -0.2) is 43.1 Å². The van der Waals surface area contributed by atoms with E-state index in [1.54, 1.807) is 11.3 Å². The minimum atomic E-state index is 0.00865. The van der Waals surface area contributed by atoms with Crippen LogP contribution in [0, 0.1) is 0 Å². The largest absolute Gasteiger partial charge is 0.354 e. The summed E-state index contributed by atoms with van der Waals surface area (Å²) >= 11 is 1.72. The lowest BCUT2D eigenvalue weighted by molar-refractivity contribution is -0.123. The number of hydrogen-bond acceptors (Lipinski definition) is 5. The van der Waals surface area contributed by atoms with Crippen molar-refractivity contribution in [1.29, 1.82) is 0 Å². The zero-order chi connectivity index (χ0) is 14.5. The van der Waals surface area contributed by atoms with Crippen LogP contribution in [0.1, 0.15) is 37.8 Å². The molecule has 0 spiro atoms. The van der Waals surface area contributed by atoms with Crippen LogP contribution in [0.25, 0.3) is 0 Å². The van der Waals surface area contributed by atoms with Crippen molar-refractivity contribution in [3.63, 3.8) is 0 Å². The molecule has 21 heavy (non-hydrogen) atoms. The van der Waals surface area contributed by atoms with Crippen LogP contribution in [0.15, 0.2) is 5.38 Å². The summed E-state index contributed by atoms with van der Waals surface area (Å²) in [6.07, 6.45) is 6.67. The lowest BCUT2D eigenvalue weighted by Gasteiger charge is -2.22. The van der Waals surface area contributed by atoms with Crippen molar-refractivity contribution in [2.75, 3.05) is 31.1 Å². The van der Waals surface area contributed by atoms with Crippen molar-refractivity contribution < 1.29 is 4.79 Å². The number of thiazole rings is 1. The van der Waals surface area contributed by atoms with Crippen molar-refractivity contribution in [3.05, 3.63) is 11.1 Å². The van der Waals surface area contributed by atoms with Gasteiger partial charge in [0.2, 0.25) is 5.91 Å². The van der Waals surface area contributed by atoms with E-state index in [1.165, 1.54) is 19.3 Å². The highest BCUT2D eigenvalue weighted by Crippen LogP contribution is 2.24. The maximum Gasteiger partial charge on any atom is 0.237 e. The summed E-state index contributed by atoms with van der Waals surface area (Å²) < 4.78 is 0. The van der Waals surface area contributed by atoms with Gasteiger partial charge < -0.3 is 15.5 Å². The SMILES string of the molecule is O=C(NCCc1csc(N2CCCC2)n1)[C@H]1CCCCN1. The summed E-state index contributed by atoms with van der Waals surface area (Å²) in [4.78, 5) is 19.0. The third-order valence-electron chi connectivity index (χ3n) is 4.22. The molecule has 0 aliphatic carbocycles. The normalized spacial score (nSPS) is 22.5. The lowest BCUT2D eigenvalue weighted by atomic mass is 10.0. The van der Waals surface area contributed by atoms with Crippen molar-refractivity contribution >= 4 is 22.4 Å². The standard InChI is InChI=1S/C15H24N4OS/c20-14(13-5-1-2-7-16-13)17-8-6-12-11-21-15(18-12)19-9-3-4-10-19/h11,13,16H,1-10H2,(H,17,20)/t13-/m1/s1. The number of rotatable bonds is 5. The second-order valence-electron chi connectivity index (χ2n) is 5.86. The maximum absolute atomic E-state index is 12.0. The zero-order valence-electron chi connectivity index (χ0n) is 12.4. The van der Waals surface area contributed by atoms with Gasteiger partial charge in [0.25, 0.3) is 0 Å². The van der Waals surface area contributed by atoms with Crippen LogP contribution in [-0.2, 0) is 11.2 Å². The number of amides is 1. The Morgan fingerprint density at radius 2 is 2.24 bits per heavy atom. The molecule has 2 N–H and O–H groups in total. The smallest absolute Gasteiger partial charge is 0.237 e. The minimum absolute atomic E-state index is 0.00865. The Morgan fingerprint density at radius 1 is 1.38 bits per heavy atom. The van der Waals surface area contributed by atoms with Crippen molar-refractivity contribution in [2.45, 2.75) is 44.6 Å². The highest BCUT2D eigenvalue weighted by Gasteiger charge is 2.20. The highest BCUT2D eigenvalue weighted by atomic mass is 32.1. The molecule has 0 unspecified atom stereocenters. The quantitative estimate of drug-likeness (QED) is 0.866. The van der Waals surface area contributed by atoms with E-state index in [0.29, 0.717) is 6.54 Å². The fourth-order valence-electron chi connectivity index (χ4n) is 2.98. The number of nitrogens with zero attached hydrogens (tertiary/aromatic N) is 2. The van der Waals surface area contributed by atoms with Crippen LogP contribution in [0.2, 0.25) is 0 Å². The van der Waals surface area contributed by atoms with Gasteiger partial charge in [0.1, 0.15) is 0 Å². The first-order valence-electron chi connectivity index (χ1n) is 8.03. The van der Waals surface area contributed by atoms with Crippen LogP contribution in [0.5, 0.6) is 0 Å². The van der Waals surface area contributed by atoms with Gasteiger partial charge in [0, 0.05) is 31.4 Å². The molecule has 2 fully saturated rings. The molecule has 0 aromatic carbocycles. The summed E-state index contributed by atoms with van der Waals surface area (Å²) in [6, 6.07) is 0.00865. The molecule has 1 atom stereocenters. The minimum Gasteiger partial charge on any atom is -0.354 e. The Hall–Kier alpha value is -1.14. The van der Waals surface area contributed by atoms with Crippen LogP contribution < -0.4 is 15.5 Å². The average Bonchev–Trinajstić information content (AvgIpc) is 3.19. The number of anilines is 1. The van der Waals surface area contributed by atoms with Crippen molar-refractivity contribution in [1.82, 2.24) is 15.6 Å². The van der Waals surface area contributed by atoms with Gasteiger partial charge in [-0.25, -0.2) is 4.98 Å². The van der Waals surface area contributed by atoms with E-state index < -0.39 is 0 Å². The number of piperidine rings is 1. The first kappa shape index (κ1) is 14.8. The second-order valence-corrected chi connectivity index (χ2v) is 6.70. The number of carbonyl (C=O) groups is 1. The fraction of sp³-hybridized carbons (Fsp3) is 0.733. The Labute approximate surface area is 130 Å². The molecule has 3 heterocycles. The summed E-state index contributed by atoms with van der Waals surface area (Å²) in [7, 11) is 0. The van der Waals surface area contributed by atoms with Gasteiger partial charge in [-0.15, -0.1) is 11.3 Å². The molecule has 1 amide bonds. The van der Waals surface area contributed by atoms with E-state index in [9.17, 15) is 4.79 Å². The molecule has 116 valence electrons. The molecular formula is C15H24N4OS. The van der Waals surface area contributed by atoms with Crippen LogP contribution in [0.4, 0.5) is 5.13 Å². The zero-order valence-corrected chi connectivity index (χ0v) is 13.3. The molecule has 2 saturated heterocycles. The van der Waals surface area contributed by atoms with E-state index in [0.717, 1.165) is 49.7 Å². The van der Waals surface area contributed by atoms with Gasteiger partial charge in [0.15, 0.2) is 5.13 Å². The molecule has 2 aliphatic heterocycles. The third-order valence-corrected chi connectivity index (χ3v) is 5.17. The van der Waals surface area contributed by atoms with Crippen molar-refractivity contribution in [2.24, 2.45) is 0 Å². The molecule has 0 bridgehead atoms. The fourth-order valence-corrected chi connectivity index (χ4v) is 3.89. The lowest BCUT2D eigenvalue weighted by Crippen LogP contribution is -2.47. The average molecular weight is 308 g/mol. The third kappa shape index (κ3) is 3.95. The van der Waals surface area contributed by atoms with E-state index >= 15 is 0 Å². The molecule has 3 rings (SSSR count). The monoisotopic (exact) mass is 308 g/mol. The Kier molecular flexibility index (Phi) is 5.08. The van der Waals surface area contributed by atoms with Gasteiger partial charge in [-0.05, 0) is 32.2 Å². The van der Waals surface area contributed by atoms with Gasteiger partial charge in [-0.3, -0.25) is 4.79 Å². The predicted octanol–water partition coefficient (Wildman–Crippen LogP) is 1.54. The second kappa shape index (κ2) is 7.22. The first-order valence-corrected chi connectivity index (χ1v) is 8.91.